The molecule has 1 aliphatic rings. The largest absolute Gasteiger partial charge is 0.504 e. The highest BCUT2D eigenvalue weighted by molar-refractivity contribution is 6.15. The van der Waals surface area contributed by atoms with Crippen molar-refractivity contribution in [2.24, 2.45) is 0 Å². The number of carbonyl (C=O) groups excluding carboxylic acids is 2. The van der Waals surface area contributed by atoms with Crippen LogP contribution in [0.25, 0.3) is 0 Å². The third kappa shape index (κ3) is 3.95. The van der Waals surface area contributed by atoms with Crippen molar-refractivity contribution in [1.82, 2.24) is 20.2 Å². The molecule has 0 bridgehead atoms. The van der Waals surface area contributed by atoms with Gasteiger partial charge in [0.1, 0.15) is 17.5 Å². The third-order valence-electron chi connectivity index (χ3n) is 5.10. The minimum Gasteiger partial charge on any atom is -0.504 e. The lowest BCUT2D eigenvalue weighted by Crippen LogP contribution is -2.33. The summed E-state index contributed by atoms with van der Waals surface area (Å²) < 4.78 is 17.0. The lowest BCUT2D eigenvalue weighted by molar-refractivity contribution is -0.136. The number of benzene rings is 2. The average Bonchev–Trinajstić information content (AvgIpc) is 3.31. The molecule has 11 heteroatoms. The second-order valence-electron chi connectivity index (χ2n) is 6.97. The van der Waals surface area contributed by atoms with E-state index in [9.17, 15) is 14.7 Å². The molecule has 0 amide bonds. The SMILES string of the molecule is CCOc1ccc(C(=O)C2=C(C(=O)OC)Nc3nnnn3[C@H]2c2ccc(O)c(OC)c2)cc1. The molecule has 2 aromatic carbocycles. The Kier molecular flexibility index (Phi) is 5.94. The maximum Gasteiger partial charge on any atom is 0.355 e. The number of nitrogens with zero attached hydrogens (tertiary/aromatic N) is 4. The Bertz CT molecular complexity index is 1230. The summed E-state index contributed by atoms with van der Waals surface area (Å²) in [5.41, 5.74) is 0.814. The van der Waals surface area contributed by atoms with Crippen molar-refractivity contribution in [2.75, 3.05) is 26.1 Å². The van der Waals surface area contributed by atoms with Gasteiger partial charge in [0.05, 0.1) is 26.4 Å². The summed E-state index contributed by atoms with van der Waals surface area (Å²) in [7, 11) is 2.62. The van der Waals surface area contributed by atoms with E-state index in [1.807, 2.05) is 6.92 Å². The van der Waals surface area contributed by atoms with Crippen LogP contribution in [-0.2, 0) is 9.53 Å². The molecule has 1 aliphatic heterocycles. The molecule has 2 N–H and O–H groups in total. The molecule has 3 aromatic rings. The van der Waals surface area contributed by atoms with E-state index in [0.717, 1.165) is 0 Å². The molecule has 0 saturated carbocycles. The number of ketones is 1. The van der Waals surface area contributed by atoms with Crippen molar-refractivity contribution in [3.05, 3.63) is 64.9 Å². The molecule has 0 unspecified atom stereocenters. The van der Waals surface area contributed by atoms with Crippen molar-refractivity contribution >= 4 is 17.7 Å². The standard InChI is InChI=1S/C22H21N5O6/c1-4-33-14-8-5-12(6-9-14)20(29)17-18(21(30)32-3)23-22-24-25-26-27(22)19(17)13-7-10-15(28)16(11-13)31-2/h5-11,19,28H,4H2,1-3H3,(H,23,24,26)/t19-/m0/s1. The molecule has 4 rings (SSSR count). The molecule has 0 radical (unpaired) electrons. The summed E-state index contributed by atoms with van der Waals surface area (Å²) in [6.07, 6.45) is 0. The number of fused-ring (bicyclic) bond motifs is 1. The zero-order valence-electron chi connectivity index (χ0n) is 18.1. The normalized spacial score (nSPS) is 14.8. The molecule has 0 spiro atoms. The summed E-state index contributed by atoms with van der Waals surface area (Å²) in [5.74, 6) is -0.327. The minimum atomic E-state index is -0.904. The van der Waals surface area contributed by atoms with Gasteiger partial charge in [-0.15, -0.1) is 0 Å². The highest BCUT2D eigenvalue weighted by atomic mass is 16.5. The molecule has 0 aliphatic carbocycles. The summed E-state index contributed by atoms with van der Waals surface area (Å²) in [6, 6.07) is 10.2. The smallest absolute Gasteiger partial charge is 0.355 e. The molecule has 33 heavy (non-hydrogen) atoms. The Labute approximate surface area is 188 Å². The van der Waals surface area contributed by atoms with Gasteiger partial charge in [-0.2, -0.15) is 4.68 Å². The van der Waals surface area contributed by atoms with Gasteiger partial charge in [0, 0.05) is 5.56 Å². The fraction of sp³-hybridized carbons (Fsp3) is 0.227. The maximum atomic E-state index is 13.7. The molecule has 1 atom stereocenters. The van der Waals surface area contributed by atoms with E-state index in [-0.39, 0.29) is 28.7 Å². The Morgan fingerprint density at radius 2 is 1.91 bits per heavy atom. The number of anilines is 1. The van der Waals surface area contributed by atoms with Gasteiger partial charge in [-0.1, -0.05) is 11.2 Å². The number of carbonyl (C=O) groups is 2. The second-order valence-corrected chi connectivity index (χ2v) is 6.97. The van der Waals surface area contributed by atoms with E-state index in [4.69, 9.17) is 14.2 Å². The van der Waals surface area contributed by atoms with Gasteiger partial charge in [0.25, 0.3) is 0 Å². The monoisotopic (exact) mass is 451 g/mol. The second kappa shape index (κ2) is 8.99. The first-order chi connectivity index (χ1) is 16.0. The number of phenols is 1. The van der Waals surface area contributed by atoms with E-state index < -0.39 is 17.8 Å². The molecule has 2 heterocycles. The number of allylic oxidation sites excluding steroid dienone is 1. The molecule has 170 valence electrons. The summed E-state index contributed by atoms with van der Waals surface area (Å²) in [4.78, 5) is 26.4. The number of tetrazole rings is 1. The summed E-state index contributed by atoms with van der Waals surface area (Å²) >= 11 is 0. The van der Waals surface area contributed by atoms with Crippen molar-refractivity contribution in [3.8, 4) is 17.2 Å². The van der Waals surface area contributed by atoms with E-state index in [2.05, 4.69) is 20.8 Å². The number of ether oxygens (including phenoxy) is 3. The first-order valence-electron chi connectivity index (χ1n) is 10.00. The van der Waals surface area contributed by atoms with Gasteiger partial charge < -0.3 is 24.6 Å². The van der Waals surface area contributed by atoms with Gasteiger partial charge in [-0.25, -0.2) is 4.79 Å². The molecule has 1 aromatic heterocycles. The first kappa shape index (κ1) is 21.8. The number of phenolic OH excluding ortho intramolecular Hbond substituents is 1. The summed E-state index contributed by atoms with van der Waals surface area (Å²) in [6.45, 7) is 2.35. The first-order valence-corrected chi connectivity index (χ1v) is 10.00. The van der Waals surface area contributed by atoms with Gasteiger partial charge in [0.2, 0.25) is 5.95 Å². The van der Waals surface area contributed by atoms with Crippen LogP contribution in [0, 0.1) is 0 Å². The van der Waals surface area contributed by atoms with Crippen LogP contribution in [0.3, 0.4) is 0 Å². The number of aromatic nitrogens is 4. The lowest BCUT2D eigenvalue weighted by Gasteiger charge is -2.28. The lowest BCUT2D eigenvalue weighted by atomic mass is 9.89. The average molecular weight is 451 g/mol. The van der Waals surface area contributed by atoms with Crippen molar-refractivity contribution in [3.63, 3.8) is 0 Å². The maximum absolute atomic E-state index is 13.7. The number of hydrogen-bond donors (Lipinski definition) is 2. The van der Waals surface area contributed by atoms with Gasteiger partial charge in [0.15, 0.2) is 17.3 Å². The number of nitrogens with one attached hydrogen (secondary N) is 1. The van der Waals surface area contributed by atoms with Crippen LogP contribution in [0.2, 0.25) is 0 Å². The van der Waals surface area contributed by atoms with E-state index >= 15 is 0 Å². The molecule has 0 saturated heterocycles. The van der Waals surface area contributed by atoms with E-state index in [0.29, 0.717) is 23.5 Å². The molecule has 0 fully saturated rings. The zero-order valence-corrected chi connectivity index (χ0v) is 18.1. The topological polar surface area (TPSA) is 138 Å². The predicted octanol–water partition coefficient (Wildman–Crippen LogP) is 2.11. The Balaban J connectivity index is 1.90. The number of aromatic hydroxyl groups is 1. The van der Waals surface area contributed by atoms with Crippen molar-refractivity contribution in [2.45, 2.75) is 13.0 Å². The van der Waals surface area contributed by atoms with E-state index in [1.54, 1.807) is 36.4 Å². The number of rotatable bonds is 7. The van der Waals surface area contributed by atoms with Crippen LogP contribution in [0.1, 0.15) is 28.9 Å². The van der Waals surface area contributed by atoms with Crippen LogP contribution < -0.4 is 14.8 Å². The van der Waals surface area contributed by atoms with Crippen LogP contribution in [0.5, 0.6) is 17.2 Å². The van der Waals surface area contributed by atoms with Crippen molar-refractivity contribution < 1.29 is 28.9 Å². The fourth-order valence-corrected chi connectivity index (χ4v) is 3.59. The van der Waals surface area contributed by atoms with Gasteiger partial charge in [-0.05, 0) is 59.3 Å². The van der Waals surface area contributed by atoms with Gasteiger partial charge >= 0.3 is 5.97 Å². The van der Waals surface area contributed by atoms with Crippen LogP contribution in [-0.4, -0.2) is 57.9 Å². The van der Waals surface area contributed by atoms with Crippen LogP contribution in [0.15, 0.2) is 53.7 Å². The molecular formula is C22H21N5O6. The van der Waals surface area contributed by atoms with E-state index in [1.165, 1.54) is 25.0 Å². The number of hydrogen-bond acceptors (Lipinski definition) is 10. The third-order valence-corrected chi connectivity index (χ3v) is 5.10. The zero-order chi connectivity index (χ0) is 23.5. The fourth-order valence-electron chi connectivity index (χ4n) is 3.59. The quantitative estimate of drug-likeness (QED) is 0.406. The Morgan fingerprint density at radius 1 is 1.15 bits per heavy atom. The molecule has 11 nitrogen and oxygen atoms in total. The number of Topliss-reactive ketones (excluding diaryl/α,β-unsaturated/α-hetero) is 1. The van der Waals surface area contributed by atoms with Crippen LogP contribution in [0.4, 0.5) is 5.95 Å². The minimum absolute atomic E-state index is 0.0681. The Morgan fingerprint density at radius 3 is 2.58 bits per heavy atom. The predicted molar refractivity (Wildman–Crippen MR) is 115 cm³/mol. The highest BCUT2D eigenvalue weighted by Gasteiger charge is 2.38. The van der Waals surface area contributed by atoms with Gasteiger partial charge in [-0.3, -0.25) is 4.79 Å². The molecular weight excluding hydrogens is 430 g/mol. The van der Waals surface area contributed by atoms with Crippen molar-refractivity contribution in [1.29, 1.82) is 0 Å². The summed E-state index contributed by atoms with van der Waals surface area (Å²) in [5, 5.41) is 24.4. The highest BCUT2D eigenvalue weighted by Crippen LogP contribution is 2.39. The Hall–Kier alpha value is -4.41. The number of esters is 1. The number of methoxy groups -OCH3 is 2. The van der Waals surface area contributed by atoms with Crippen LogP contribution >= 0.6 is 0 Å².